The lowest BCUT2D eigenvalue weighted by molar-refractivity contribution is -0.385. The summed E-state index contributed by atoms with van der Waals surface area (Å²) in [6, 6.07) is 4.70. The first-order valence-corrected chi connectivity index (χ1v) is 6.61. The molecule has 0 radical (unpaired) electrons. The van der Waals surface area contributed by atoms with Crippen LogP contribution in [-0.4, -0.2) is 29.1 Å². The van der Waals surface area contributed by atoms with Crippen molar-refractivity contribution in [1.82, 2.24) is 5.32 Å². The van der Waals surface area contributed by atoms with Gasteiger partial charge in [0.05, 0.1) is 14.8 Å². The molecule has 1 heterocycles. The van der Waals surface area contributed by atoms with Crippen molar-refractivity contribution in [2.45, 2.75) is 12.8 Å². The van der Waals surface area contributed by atoms with Crippen LogP contribution in [0.1, 0.15) is 12.0 Å². The van der Waals surface area contributed by atoms with Crippen molar-refractivity contribution in [2.24, 2.45) is 5.41 Å². The Labute approximate surface area is 118 Å². The minimum atomic E-state index is -0.877. The number of benzene rings is 1. The fourth-order valence-electron chi connectivity index (χ4n) is 2.36. The van der Waals surface area contributed by atoms with Gasteiger partial charge in [0.2, 0.25) is 0 Å². The molecular weight excluding hydrogens is 316 g/mol. The Kier molecular flexibility index (Phi) is 3.86. The summed E-state index contributed by atoms with van der Waals surface area (Å²) in [6.45, 7) is 1.04. The van der Waals surface area contributed by atoms with Crippen molar-refractivity contribution < 1.29 is 14.8 Å². The largest absolute Gasteiger partial charge is 0.481 e. The Bertz CT molecular complexity index is 526. The van der Waals surface area contributed by atoms with Crippen molar-refractivity contribution in [3.05, 3.63) is 38.3 Å². The highest BCUT2D eigenvalue weighted by molar-refractivity contribution is 9.10. The molecule has 1 aliphatic heterocycles. The van der Waals surface area contributed by atoms with E-state index in [1.807, 2.05) is 0 Å². The number of nitro benzene ring substituents is 1. The predicted octanol–water partition coefficient (Wildman–Crippen LogP) is 1.96. The van der Waals surface area contributed by atoms with Gasteiger partial charge in [-0.05, 0) is 40.9 Å². The maximum Gasteiger partial charge on any atom is 0.311 e. The lowest BCUT2D eigenvalue weighted by Crippen LogP contribution is -2.35. The van der Waals surface area contributed by atoms with Crippen LogP contribution in [0.2, 0.25) is 0 Å². The molecule has 2 rings (SSSR count). The number of nitrogens with zero attached hydrogens (tertiary/aromatic N) is 1. The average molecular weight is 329 g/mol. The highest BCUT2D eigenvalue weighted by Crippen LogP contribution is 2.36. The van der Waals surface area contributed by atoms with E-state index in [1.54, 1.807) is 12.1 Å². The van der Waals surface area contributed by atoms with Gasteiger partial charge in [-0.25, -0.2) is 0 Å². The molecule has 1 aromatic rings. The molecule has 0 aliphatic carbocycles. The molecule has 19 heavy (non-hydrogen) atoms. The fourth-order valence-corrected chi connectivity index (χ4v) is 2.91. The molecular formula is C12H13BrN2O4. The van der Waals surface area contributed by atoms with Gasteiger partial charge >= 0.3 is 5.97 Å². The van der Waals surface area contributed by atoms with E-state index >= 15 is 0 Å². The number of halogens is 1. The van der Waals surface area contributed by atoms with Crippen LogP contribution in [0.15, 0.2) is 22.7 Å². The van der Waals surface area contributed by atoms with Crippen molar-refractivity contribution >= 4 is 27.6 Å². The average Bonchev–Trinajstić information content (AvgIpc) is 2.81. The Hall–Kier alpha value is -1.47. The van der Waals surface area contributed by atoms with Crippen molar-refractivity contribution in [1.29, 1.82) is 0 Å². The molecule has 0 bridgehead atoms. The molecule has 7 heteroatoms. The molecule has 2 N–H and O–H groups in total. The van der Waals surface area contributed by atoms with Gasteiger partial charge in [-0.15, -0.1) is 0 Å². The van der Waals surface area contributed by atoms with Gasteiger partial charge in [-0.1, -0.05) is 12.1 Å². The van der Waals surface area contributed by atoms with E-state index in [2.05, 4.69) is 21.2 Å². The van der Waals surface area contributed by atoms with Gasteiger partial charge in [-0.2, -0.15) is 0 Å². The van der Waals surface area contributed by atoms with Gasteiger partial charge in [0, 0.05) is 12.6 Å². The summed E-state index contributed by atoms with van der Waals surface area (Å²) in [5.41, 5.74) is -0.262. The third kappa shape index (κ3) is 2.62. The third-order valence-electron chi connectivity index (χ3n) is 3.48. The maximum absolute atomic E-state index is 11.5. The van der Waals surface area contributed by atoms with Crippen LogP contribution in [0.4, 0.5) is 5.69 Å². The number of carboxylic acid groups (broad SMARTS) is 1. The molecule has 1 saturated heterocycles. The number of hydrogen-bond donors (Lipinski definition) is 2. The van der Waals surface area contributed by atoms with Crippen LogP contribution >= 0.6 is 15.9 Å². The second-order valence-corrected chi connectivity index (χ2v) is 5.49. The van der Waals surface area contributed by atoms with Crippen molar-refractivity contribution in [3.63, 3.8) is 0 Å². The van der Waals surface area contributed by atoms with Gasteiger partial charge in [0.1, 0.15) is 0 Å². The van der Waals surface area contributed by atoms with Crippen LogP contribution < -0.4 is 5.32 Å². The van der Waals surface area contributed by atoms with E-state index in [1.165, 1.54) is 6.07 Å². The zero-order valence-corrected chi connectivity index (χ0v) is 11.6. The lowest BCUT2D eigenvalue weighted by atomic mass is 9.81. The van der Waals surface area contributed by atoms with Crippen molar-refractivity contribution in [2.75, 3.05) is 13.1 Å². The highest BCUT2D eigenvalue weighted by atomic mass is 79.9. The molecule has 0 spiro atoms. The SMILES string of the molecule is O=C(O)C1(Cc2cccc([N+](=O)[O-])c2Br)CCNC1. The highest BCUT2D eigenvalue weighted by Gasteiger charge is 2.42. The number of rotatable bonds is 4. The van der Waals surface area contributed by atoms with Crippen LogP contribution in [0.5, 0.6) is 0 Å². The topological polar surface area (TPSA) is 92.5 Å². The standard InChI is InChI=1S/C12H13BrN2O4/c13-10-8(2-1-3-9(10)15(18)19)6-12(11(16)17)4-5-14-7-12/h1-3,14H,4-7H2,(H,16,17). The first-order valence-electron chi connectivity index (χ1n) is 5.82. The summed E-state index contributed by atoms with van der Waals surface area (Å²) < 4.78 is 0.368. The minimum Gasteiger partial charge on any atom is -0.481 e. The van der Waals surface area contributed by atoms with Crippen LogP contribution in [-0.2, 0) is 11.2 Å². The Balaban J connectivity index is 2.35. The predicted molar refractivity (Wildman–Crippen MR) is 72.1 cm³/mol. The fraction of sp³-hybridized carbons (Fsp3) is 0.417. The summed E-state index contributed by atoms with van der Waals surface area (Å²) in [5, 5.41) is 23.3. The number of carbonyl (C=O) groups is 1. The minimum absolute atomic E-state index is 0.0380. The molecule has 0 amide bonds. The Morgan fingerprint density at radius 2 is 2.32 bits per heavy atom. The molecule has 1 aromatic carbocycles. The number of nitro groups is 1. The summed E-state index contributed by atoms with van der Waals surface area (Å²) in [7, 11) is 0. The number of nitrogens with one attached hydrogen (secondary N) is 1. The van der Waals surface area contributed by atoms with E-state index in [9.17, 15) is 20.0 Å². The molecule has 0 aromatic heterocycles. The molecule has 1 fully saturated rings. The normalized spacial score (nSPS) is 22.4. The Morgan fingerprint density at radius 1 is 1.58 bits per heavy atom. The summed E-state index contributed by atoms with van der Waals surface area (Å²) in [6.07, 6.45) is 0.801. The molecule has 1 unspecified atom stereocenters. The van der Waals surface area contributed by atoms with E-state index in [4.69, 9.17) is 0 Å². The summed E-state index contributed by atoms with van der Waals surface area (Å²) in [4.78, 5) is 21.9. The number of hydrogen-bond acceptors (Lipinski definition) is 4. The van der Waals surface area contributed by atoms with Gasteiger partial charge in [0.15, 0.2) is 0 Å². The summed E-state index contributed by atoms with van der Waals surface area (Å²) in [5.74, 6) is -0.865. The molecule has 1 atom stereocenters. The van der Waals surface area contributed by atoms with Gasteiger partial charge in [-0.3, -0.25) is 14.9 Å². The first-order chi connectivity index (χ1) is 8.96. The lowest BCUT2D eigenvalue weighted by Gasteiger charge is -2.23. The zero-order chi connectivity index (χ0) is 14.0. The third-order valence-corrected chi connectivity index (χ3v) is 4.40. The molecule has 1 aliphatic rings. The van der Waals surface area contributed by atoms with Crippen molar-refractivity contribution in [3.8, 4) is 0 Å². The second kappa shape index (κ2) is 5.26. The quantitative estimate of drug-likeness (QED) is 0.651. The number of aliphatic carboxylic acids is 1. The van der Waals surface area contributed by atoms with E-state index in [-0.39, 0.29) is 12.1 Å². The maximum atomic E-state index is 11.5. The molecule has 102 valence electrons. The van der Waals surface area contributed by atoms with Gasteiger partial charge < -0.3 is 10.4 Å². The van der Waals surface area contributed by atoms with E-state index in [0.717, 1.165) is 0 Å². The van der Waals surface area contributed by atoms with Crippen LogP contribution in [0, 0.1) is 15.5 Å². The number of carboxylic acids is 1. The monoisotopic (exact) mass is 328 g/mol. The first kappa shape index (κ1) is 14.0. The molecule has 6 nitrogen and oxygen atoms in total. The zero-order valence-electron chi connectivity index (χ0n) is 10.1. The molecule has 0 saturated carbocycles. The smallest absolute Gasteiger partial charge is 0.311 e. The van der Waals surface area contributed by atoms with E-state index in [0.29, 0.717) is 29.5 Å². The van der Waals surface area contributed by atoms with Crippen LogP contribution in [0.3, 0.4) is 0 Å². The van der Waals surface area contributed by atoms with Gasteiger partial charge in [0.25, 0.3) is 5.69 Å². The summed E-state index contributed by atoms with van der Waals surface area (Å²) >= 11 is 3.21. The second-order valence-electron chi connectivity index (χ2n) is 4.70. The Morgan fingerprint density at radius 3 is 2.84 bits per heavy atom. The van der Waals surface area contributed by atoms with E-state index < -0.39 is 16.3 Å². The van der Waals surface area contributed by atoms with Crippen LogP contribution in [0.25, 0.3) is 0 Å².